The number of hydrogen-bond donors (Lipinski definition) is 1. The van der Waals surface area contributed by atoms with Gasteiger partial charge in [-0.05, 0) is 34.6 Å². The highest BCUT2D eigenvalue weighted by molar-refractivity contribution is 5.78. The molecular weight excluding hydrogens is 264 g/mol. The van der Waals surface area contributed by atoms with E-state index >= 15 is 0 Å². The Morgan fingerprint density at radius 3 is 1.90 bits per heavy atom. The van der Waals surface area contributed by atoms with Gasteiger partial charge in [0.1, 0.15) is 5.60 Å². The number of hydrogen-bond acceptors (Lipinski definition) is 6. The van der Waals surface area contributed by atoms with E-state index in [2.05, 4.69) is 0 Å². The molecule has 0 bridgehead atoms. The van der Waals surface area contributed by atoms with Gasteiger partial charge < -0.3 is 24.1 Å². The van der Waals surface area contributed by atoms with Gasteiger partial charge in [0.2, 0.25) is 0 Å². The van der Waals surface area contributed by atoms with Crippen molar-refractivity contribution in [1.29, 1.82) is 0 Å². The van der Waals surface area contributed by atoms with Gasteiger partial charge in [-0.1, -0.05) is 0 Å². The van der Waals surface area contributed by atoms with Gasteiger partial charge in [0.25, 0.3) is 0 Å². The molecule has 20 heavy (non-hydrogen) atoms. The number of aliphatic hydroxyl groups is 1. The van der Waals surface area contributed by atoms with Gasteiger partial charge in [0.05, 0.1) is 39.6 Å². The molecule has 120 valence electrons. The highest BCUT2D eigenvalue weighted by Crippen LogP contribution is 2.17. The normalized spacial score (nSPS) is 12.5. The second-order valence-electron chi connectivity index (χ2n) is 5.81. The quantitative estimate of drug-likeness (QED) is 0.481. The van der Waals surface area contributed by atoms with Gasteiger partial charge in [-0.25, -0.2) is 4.79 Å². The van der Waals surface area contributed by atoms with E-state index in [4.69, 9.17) is 24.1 Å². The van der Waals surface area contributed by atoms with Gasteiger partial charge in [-0.3, -0.25) is 0 Å². The maximum atomic E-state index is 11.9. The van der Waals surface area contributed by atoms with Crippen LogP contribution in [0, 0.1) is 0 Å². The lowest BCUT2D eigenvalue weighted by molar-refractivity contribution is -0.181. The molecule has 1 N–H and O–H groups in total. The fourth-order valence-corrected chi connectivity index (χ4v) is 1.20. The number of carbonyl (C=O) groups excluding carboxylic acids is 1. The summed E-state index contributed by atoms with van der Waals surface area (Å²) in [5, 5.41) is 8.50. The van der Waals surface area contributed by atoms with Crippen molar-refractivity contribution in [3.8, 4) is 0 Å². The fourth-order valence-electron chi connectivity index (χ4n) is 1.20. The van der Waals surface area contributed by atoms with Crippen LogP contribution in [0.1, 0.15) is 34.6 Å². The Hall–Kier alpha value is -0.690. The lowest BCUT2D eigenvalue weighted by Gasteiger charge is -2.28. The Labute approximate surface area is 121 Å². The van der Waals surface area contributed by atoms with Crippen LogP contribution in [0.2, 0.25) is 0 Å². The first kappa shape index (κ1) is 19.3. The molecule has 0 aliphatic carbocycles. The minimum absolute atomic E-state index is 0.00713. The third-order valence-electron chi connectivity index (χ3n) is 2.19. The minimum atomic E-state index is -0.996. The van der Waals surface area contributed by atoms with E-state index in [0.717, 1.165) is 0 Å². The Bertz CT molecular complexity index is 269. The number of aliphatic hydroxyl groups excluding tert-OH is 1. The minimum Gasteiger partial charge on any atom is -0.458 e. The summed E-state index contributed by atoms with van der Waals surface area (Å²) >= 11 is 0. The second kappa shape index (κ2) is 9.28. The Morgan fingerprint density at radius 1 is 0.900 bits per heavy atom. The third kappa shape index (κ3) is 10.1. The van der Waals surface area contributed by atoms with E-state index in [1.807, 2.05) is 20.8 Å². The van der Waals surface area contributed by atoms with E-state index in [0.29, 0.717) is 33.0 Å². The first-order chi connectivity index (χ1) is 9.19. The van der Waals surface area contributed by atoms with Crippen LogP contribution < -0.4 is 0 Å². The topological polar surface area (TPSA) is 74.2 Å². The van der Waals surface area contributed by atoms with Gasteiger partial charge in [-0.15, -0.1) is 0 Å². The van der Waals surface area contributed by atoms with E-state index in [-0.39, 0.29) is 6.61 Å². The van der Waals surface area contributed by atoms with Gasteiger partial charge >= 0.3 is 5.97 Å². The van der Waals surface area contributed by atoms with Crippen molar-refractivity contribution in [1.82, 2.24) is 0 Å². The van der Waals surface area contributed by atoms with Crippen molar-refractivity contribution in [2.24, 2.45) is 0 Å². The number of rotatable bonds is 10. The molecule has 0 saturated heterocycles. The van der Waals surface area contributed by atoms with E-state index in [1.54, 1.807) is 13.8 Å². The molecule has 0 aliphatic rings. The first-order valence-corrected chi connectivity index (χ1v) is 6.83. The SMILES string of the molecule is CC(C)(C)OC(=O)C(C)(C)OCCOCCOCCO. The average Bonchev–Trinajstić information content (AvgIpc) is 2.30. The highest BCUT2D eigenvalue weighted by atomic mass is 16.6. The van der Waals surface area contributed by atoms with Gasteiger partial charge in [0, 0.05) is 0 Å². The zero-order chi connectivity index (χ0) is 15.6. The van der Waals surface area contributed by atoms with Crippen LogP contribution >= 0.6 is 0 Å². The number of esters is 1. The predicted octanol–water partition coefficient (Wildman–Crippen LogP) is 1.15. The van der Waals surface area contributed by atoms with Crippen molar-refractivity contribution in [3.63, 3.8) is 0 Å². The summed E-state index contributed by atoms with van der Waals surface area (Å²) in [4.78, 5) is 11.9. The average molecular weight is 292 g/mol. The molecule has 0 heterocycles. The maximum Gasteiger partial charge on any atom is 0.338 e. The number of ether oxygens (including phenoxy) is 4. The van der Waals surface area contributed by atoms with Crippen LogP contribution in [-0.2, 0) is 23.7 Å². The summed E-state index contributed by atoms with van der Waals surface area (Å²) in [6.45, 7) is 10.6. The molecule has 0 amide bonds. The molecular formula is C14H28O6. The molecule has 6 heteroatoms. The van der Waals surface area contributed by atoms with Crippen LogP contribution in [0.4, 0.5) is 0 Å². The maximum absolute atomic E-state index is 11.9. The van der Waals surface area contributed by atoms with E-state index in [1.165, 1.54) is 0 Å². The molecule has 0 atom stereocenters. The zero-order valence-electron chi connectivity index (χ0n) is 13.2. The zero-order valence-corrected chi connectivity index (χ0v) is 13.2. The first-order valence-electron chi connectivity index (χ1n) is 6.83. The van der Waals surface area contributed by atoms with E-state index in [9.17, 15) is 4.79 Å². The standard InChI is InChI=1S/C14H28O6/c1-13(2,3)20-12(16)14(4,5)19-11-10-18-9-8-17-7-6-15/h15H,6-11H2,1-5H3. The summed E-state index contributed by atoms with van der Waals surface area (Å²) in [5.74, 6) is -0.392. The van der Waals surface area contributed by atoms with Crippen LogP contribution in [0.3, 0.4) is 0 Å². The van der Waals surface area contributed by atoms with Crippen molar-refractivity contribution >= 4 is 5.97 Å². The Kier molecular flexibility index (Phi) is 8.96. The van der Waals surface area contributed by atoms with Crippen LogP contribution in [0.5, 0.6) is 0 Å². The third-order valence-corrected chi connectivity index (χ3v) is 2.19. The summed E-state index contributed by atoms with van der Waals surface area (Å²) in [7, 11) is 0. The predicted molar refractivity (Wildman–Crippen MR) is 74.6 cm³/mol. The summed E-state index contributed by atoms with van der Waals surface area (Å²) in [5.41, 5.74) is -1.53. The summed E-state index contributed by atoms with van der Waals surface area (Å²) < 4.78 is 21.1. The van der Waals surface area contributed by atoms with Crippen molar-refractivity contribution in [3.05, 3.63) is 0 Å². The van der Waals surface area contributed by atoms with Gasteiger partial charge in [0.15, 0.2) is 5.60 Å². The molecule has 0 aliphatic heterocycles. The van der Waals surface area contributed by atoms with Crippen LogP contribution in [0.25, 0.3) is 0 Å². The molecule has 0 aromatic carbocycles. The molecule has 0 saturated carbocycles. The fraction of sp³-hybridized carbons (Fsp3) is 0.929. The van der Waals surface area contributed by atoms with Gasteiger partial charge in [-0.2, -0.15) is 0 Å². The monoisotopic (exact) mass is 292 g/mol. The Morgan fingerprint density at radius 2 is 1.40 bits per heavy atom. The molecule has 6 nitrogen and oxygen atoms in total. The lowest BCUT2D eigenvalue weighted by atomic mass is 10.1. The van der Waals surface area contributed by atoms with Crippen molar-refractivity contribution < 1.29 is 28.8 Å². The molecule has 0 aromatic rings. The van der Waals surface area contributed by atoms with Crippen LogP contribution in [-0.4, -0.2) is 61.9 Å². The lowest BCUT2D eigenvalue weighted by Crippen LogP contribution is -2.41. The van der Waals surface area contributed by atoms with E-state index < -0.39 is 17.2 Å². The molecule has 0 unspecified atom stereocenters. The molecule has 0 radical (unpaired) electrons. The molecule has 0 rings (SSSR count). The smallest absolute Gasteiger partial charge is 0.338 e. The second-order valence-corrected chi connectivity index (χ2v) is 5.81. The largest absolute Gasteiger partial charge is 0.458 e. The molecule has 0 aromatic heterocycles. The highest BCUT2D eigenvalue weighted by Gasteiger charge is 2.33. The molecule has 0 spiro atoms. The summed E-state index contributed by atoms with van der Waals surface area (Å²) in [6, 6.07) is 0. The van der Waals surface area contributed by atoms with Crippen molar-refractivity contribution in [2.75, 3.05) is 39.6 Å². The van der Waals surface area contributed by atoms with Crippen LogP contribution in [0.15, 0.2) is 0 Å². The number of carbonyl (C=O) groups is 1. The summed E-state index contributed by atoms with van der Waals surface area (Å²) in [6.07, 6.45) is 0. The van der Waals surface area contributed by atoms with Crippen molar-refractivity contribution in [2.45, 2.75) is 45.8 Å². The molecule has 0 fully saturated rings. The Balaban J connectivity index is 3.74.